The number of hydrazine groups is 1. The molecular weight excluding hydrogens is 627 g/mol. The highest BCUT2D eigenvalue weighted by Gasteiger charge is 2.45. The van der Waals surface area contributed by atoms with Crippen LogP contribution in [0.5, 0.6) is 5.75 Å². The molecule has 10 nitrogen and oxygen atoms in total. The van der Waals surface area contributed by atoms with Gasteiger partial charge in [-0.1, -0.05) is 23.7 Å². The third-order valence-electron chi connectivity index (χ3n) is 8.45. The van der Waals surface area contributed by atoms with Gasteiger partial charge in [0.15, 0.2) is 6.10 Å². The number of hydrogen-bond donors (Lipinski definition) is 3. The van der Waals surface area contributed by atoms with Crippen molar-refractivity contribution < 1.29 is 37.1 Å². The number of nitrogens with one attached hydrogen (secondary N) is 3. The molecule has 2 aliphatic heterocycles. The molecule has 2 aromatic rings. The molecule has 46 heavy (non-hydrogen) atoms. The van der Waals surface area contributed by atoms with Crippen LogP contribution in [0, 0.1) is 6.92 Å². The van der Waals surface area contributed by atoms with Crippen LogP contribution in [-0.4, -0.2) is 76.4 Å². The fourth-order valence-electron chi connectivity index (χ4n) is 6.12. The molecule has 0 bridgehead atoms. The minimum atomic E-state index is -4.63. The van der Waals surface area contributed by atoms with Crippen LogP contribution in [-0.2, 0) is 14.4 Å². The number of nitrogens with zero attached hydrogens (tertiary/aromatic N) is 2. The Morgan fingerprint density at radius 3 is 2.50 bits per heavy atom. The third-order valence-corrected chi connectivity index (χ3v) is 8.68. The molecule has 0 radical (unpaired) electrons. The van der Waals surface area contributed by atoms with Crippen molar-refractivity contribution in [2.75, 3.05) is 6.54 Å². The molecule has 0 aliphatic carbocycles. The molecule has 14 heteroatoms. The van der Waals surface area contributed by atoms with Gasteiger partial charge in [0.25, 0.3) is 11.8 Å². The van der Waals surface area contributed by atoms with Crippen molar-refractivity contribution >= 4 is 35.2 Å². The molecule has 2 fully saturated rings. The van der Waals surface area contributed by atoms with Gasteiger partial charge in [-0.2, -0.15) is 13.2 Å². The van der Waals surface area contributed by atoms with Crippen molar-refractivity contribution in [3.63, 3.8) is 0 Å². The Hall–Kier alpha value is -3.84. The quantitative estimate of drug-likeness (QED) is 0.364. The maximum atomic E-state index is 14.1. The maximum Gasteiger partial charge on any atom is 0.406 e. The lowest BCUT2D eigenvalue weighted by Gasteiger charge is -2.40. The second kappa shape index (κ2) is 14.3. The number of rotatable bonds is 9. The molecular formula is C32H39ClF3N5O5. The molecule has 6 atom stereocenters. The highest BCUT2D eigenvalue weighted by atomic mass is 35.5. The first-order chi connectivity index (χ1) is 21.6. The van der Waals surface area contributed by atoms with Crippen LogP contribution in [0.4, 0.5) is 13.2 Å². The van der Waals surface area contributed by atoms with Crippen molar-refractivity contribution in [1.82, 2.24) is 26.0 Å². The summed E-state index contributed by atoms with van der Waals surface area (Å²) in [4.78, 5) is 54.1. The fraction of sp³-hybridized carbons (Fsp3) is 0.500. The van der Waals surface area contributed by atoms with Crippen LogP contribution in [0.1, 0.15) is 74.5 Å². The van der Waals surface area contributed by atoms with Gasteiger partial charge in [0, 0.05) is 36.0 Å². The zero-order valence-corrected chi connectivity index (χ0v) is 27.0. The second-order valence-corrected chi connectivity index (χ2v) is 12.5. The summed E-state index contributed by atoms with van der Waals surface area (Å²) in [7, 11) is 0. The van der Waals surface area contributed by atoms with E-state index >= 15 is 0 Å². The van der Waals surface area contributed by atoms with Gasteiger partial charge in [0.05, 0.1) is 12.1 Å². The summed E-state index contributed by atoms with van der Waals surface area (Å²) in [6, 6.07) is 8.27. The molecule has 2 heterocycles. The van der Waals surface area contributed by atoms with E-state index in [1.165, 1.54) is 24.8 Å². The Morgan fingerprint density at radius 1 is 1.15 bits per heavy atom. The van der Waals surface area contributed by atoms with Crippen LogP contribution in [0.15, 0.2) is 42.5 Å². The van der Waals surface area contributed by atoms with Crippen LogP contribution in [0.25, 0.3) is 0 Å². The normalized spacial score (nSPS) is 22.9. The largest absolute Gasteiger partial charge is 0.480 e. The highest BCUT2D eigenvalue weighted by molar-refractivity contribution is 6.30. The molecule has 3 N–H and O–H groups in total. The van der Waals surface area contributed by atoms with Crippen molar-refractivity contribution in [2.45, 2.75) is 96.4 Å². The number of carbonyl (C=O) groups is 4. The number of likely N-dealkylation sites (tertiary alicyclic amines) is 1. The monoisotopic (exact) mass is 665 g/mol. The van der Waals surface area contributed by atoms with Crippen LogP contribution in [0.2, 0.25) is 5.02 Å². The van der Waals surface area contributed by atoms with Gasteiger partial charge in [-0.25, -0.2) is 5.43 Å². The molecule has 4 rings (SSSR count). The minimum absolute atomic E-state index is 0.0129. The summed E-state index contributed by atoms with van der Waals surface area (Å²) in [5.41, 5.74) is 6.96. The van der Waals surface area contributed by atoms with Crippen molar-refractivity contribution in [2.24, 2.45) is 0 Å². The number of carbonyl (C=O) groups excluding carboxylic acids is 4. The average molecular weight is 666 g/mol. The number of halogens is 4. The van der Waals surface area contributed by atoms with Crippen molar-refractivity contribution in [1.29, 1.82) is 0 Å². The van der Waals surface area contributed by atoms with Gasteiger partial charge < -0.3 is 19.9 Å². The lowest BCUT2D eigenvalue weighted by Crippen LogP contribution is -2.56. The number of hydrogen-bond acceptors (Lipinski definition) is 6. The zero-order chi connectivity index (χ0) is 33.9. The summed E-state index contributed by atoms with van der Waals surface area (Å²) in [6.45, 7) is 6.27. The van der Waals surface area contributed by atoms with E-state index in [4.69, 9.17) is 16.3 Å². The van der Waals surface area contributed by atoms with E-state index in [9.17, 15) is 32.3 Å². The van der Waals surface area contributed by atoms with Gasteiger partial charge >= 0.3 is 6.18 Å². The van der Waals surface area contributed by atoms with Crippen molar-refractivity contribution in [3.8, 4) is 5.75 Å². The summed E-state index contributed by atoms with van der Waals surface area (Å²) < 4.78 is 46.2. The van der Waals surface area contributed by atoms with Gasteiger partial charge in [0.1, 0.15) is 18.3 Å². The standard InChI is InChI=1S/C32H39ClF3N5O5/c1-17-13-23(9-12-27(17)46-28-14-18(2)38-39-30(28)44)29(43)37-19(3)31(45)41-25(20(4)40(21(5)42)16-32(34,35)36)10-11-26(41)22-7-6-8-24(33)15-22/h6-9,12-13,15,18-20,25-26,28,38H,10-11,14,16H2,1-5H3,(H,37,43)(H,39,44)/t18?,19-,20+,25-,26+,28?/m1/s1. The molecule has 2 aromatic carbocycles. The number of aryl methyl sites for hydroxylation is 1. The van der Waals surface area contributed by atoms with E-state index in [1.54, 1.807) is 43.3 Å². The molecule has 4 amide bonds. The average Bonchev–Trinajstić information content (AvgIpc) is 3.42. The summed E-state index contributed by atoms with van der Waals surface area (Å²) >= 11 is 6.24. The lowest BCUT2D eigenvalue weighted by molar-refractivity contribution is -0.167. The van der Waals surface area contributed by atoms with E-state index in [1.807, 2.05) is 6.92 Å². The molecule has 250 valence electrons. The number of alkyl halides is 3. The van der Waals surface area contributed by atoms with E-state index in [2.05, 4.69) is 16.2 Å². The number of ether oxygens (including phenoxy) is 1. The first-order valence-electron chi connectivity index (χ1n) is 15.1. The Morgan fingerprint density at radius 2 is 1.87 bits per heavy atom. The third kappa shape index (κ3) is 8.30. The Labute approximate surface area is 270 Å². The molecule has 2 unspecified atom stereocenters. The van der Waals surface area contributed by atoms with E-state index in [0.29, 0.717) is 41.2 Å². The zero-order valence-electron chi connectivity index (χ0n) is 26.3. The predicted octanol–water partition coefficient (Wildman–Crippen LogP) is 4.46. The first-order valence-corrected chi connectivity index (χ1v) is 15.5. The molecule has 0 aromatic heterocycles. The molecule has 0 saturated carbocycles. The van der Waals surface area contributed by atoms with Crippen LogP contribution in [0.3, 0.4) is 0 Å². The van der Waals surface area contributed by atoms with Crippen LogP contribution < -0.4 is 20.9 Å². The molecule has 2 aliphatic rings. The Kier molecular flexibility index (Phi) is 10.9. The van der Waals surface area contributed by atoms with Gasteiger partial charge in [0.2, 0.25) is 11.8 Å². The van der Waals surface area contributed by atoms with Crippen molar-refractivity contribution in [3.05, 3.63) is 64.2 Å². The topological polar surface area (TPSA) is 120 Å². The second-order valence-electron chi connectivity index (χ2n) is 12.0. The van der Waals surface area contributed by atoms with Gasteiger partial charge in [-0.3, -0.25) is 24.6 Å². The Bertz CT molecular complexity index is 1470. The summed E-state index contributed by atoms with van der Waals surface area (Å²) in [5, 5.41) is 3.15. The number of benzene rings is 2. The summed E-state index contributed by atoms with van der Waals surface area (Å²) in [5.74, 6) is -1.69. The summed E-state index contributed by atoms with van der Waals surface area (Å²) in [6.07, 6.45) is -4.11. The highest BCUT2D eigenvalue weighted by Crippen LogP contribution is 2.40. The Balaban J connectivity index is 1.54. The fourth-order valence-corrected chi connectivity index (χ4v) is 6.32. The van der Waals surface area contributed by atoms with E-state index in [-0.39, 0.29) is 17.5 Å². The lowest BCUT2D eigenvalue weighted by atomic mass is 10.0. The molecule has 0 spiro atoms. The van der Waals surface area contributed by atoms with Gasteiger partial charge in [-0.15, -0.1) is 0 Å². The van der Waals surface area contributed by atoms with Gasteiger partial charge in [-0.05, 0) is 82.0 Å². The first kappa shape index (κ1) is 35.0. The predicted molar refractivity (Wildman–Crippen MR) is 165 cm³/mol. The van der Waals surface area contributed by atoms with E-state index < -0.39 is 60.7 Å². The minimum Gasteiger partial charge on any atom is -0.480 e. The van der Waals surface area contributed by atoms with E-state index in [0.717, 1.165) is 11.8 Å². The molecule has 2 saturated heterocycles. The number of amides is 4. The SMILES string of the molecule is CC(=O)N(CC(F)(F)F)[C@@H](C)[C@H]1CC[C@@H](c2cccc(Cl)c2)N1C(=O)[C@@H](C)NC(=O)c1ccc(OC2CC(C)NNC2=O)c(C)c1. The smallest absolute Gasteiger partial charge is 0.406 e. The maximum absolute atomic E-state index is 14.1. The van der Waals surface area contributed by atoms with Crippen LogP contribution >= 0.6 is 11.6 Å².